The van der Waals surface area contributed by atoms with E-state index in [0.717, 1.165) is 6.20 Å². The summed E-state index contributed by atoms with van der Waals surface area (Å²) in [6.45, 7) is 1.19. The lowest BCUT2D eigenvalue weighted by atomic mass is 10.1. The number of nitriles is 1. The second-order valence-corrected chi connectivity index (χ2v) is 9.08. The Kier molecular flexibility index (Phi) is 6.99. The Morgan fingerprint density at radius 2 is 2.00 bits per heavy atom. The molecule has 0 saturated carbocycles. The predicted molar refractivity (Wildman–Crippen MR) is 121 cm³/mol. The molecule has 0 bridgehead atoms. The Hall–Kier alpha value is -3.57. The summed E-state index contributed by atoms with van der Waals surface area (Å²) in [5, 5.41) is 12.6. The van der Waals surface area contributed by atoms with Crippen LogP contribution in [0.2, 0.25) is 0 Å². The highest BCUT2D eigenvalue weighted by Crippen LogP contribution is 2.36. The van der Waals surface area contributed by atoms with Gasteiger partial charge < -0.3 is 14.6 Å². The van der Waals surface area contributed by atoms with Crippen molar-refractivity contribution >= 4 is 16.9 Å². The first-order chi connectivity index (χ1) is 16.7. The molecule has 1 saturated heterocycles. The Morgan fingerprint density at radius 1 is 1.26 bits per heavy atom. The van der Waals surface area contributed by atoms with Crippen LogP contribution in [0.1, 0.15) is 24.0 Å². The van der Waals surface area contributed by atoms with E-state index in [1.54, 1.807) is 6.26 Å². The molecule has 14 heteroatoms. The number of rotatable bonds is 6. The van der Waals surface area contributed by atoms with E-state index in [-0.39, 0.29) is 34.8 Å². The first-order valence-electron chi connectivity index (χ1n) is 10.5. The molecule has 3 aromatic rings. The van der Waals surface area contributed by atoms with Crippen LogP contribution in [0.25, 0.3) is 17.1 Å². The number of nitrogens with one attached hydrogen (secondary N) is 1. The molecule has 0 amide bonds. The molecule has 35 heavy (non-hydrogen) atoms. The maximum Gasteiger partial charge on any atom is 0.420 e. The molecule has 0 spiro atoms. The van der Waals surface area contributed by atoms with E-state index in [1.165, 1.54) is 36.5 Å². The van der Waals surface area contributed by atoms with Gasteiger partial charge in [0.25, 0.3) is 0 Å². The summed E-state index contributed by atoms with van der Waals surface area (Å²) in [7, 11) is 0.297. The van der Waals surface area contributed by atoms with Crippen LogP contribution in [0.15, 0.2) is 31.0 Å². The lowest BCUT2D eigenvalue weighted by molar-refractivity contribution is -0.137. The summed E-state index contributed by atoms with van der Waals surface area (Å²) in [6, 6.07) is 3.45. The monoisotopic (exact) mass is 506 g/mol. The highest BCUT2D eigenvalue weighted by atomic mass is 32.2. The van der Waals surface area contributed by atoms with Gasteiger partial charge in [-0.25, -0.2) is 28.5 Å². The van der Waals surface area contributed by atoms with Crippen LogP contribution in [-0.4, -0.2) is 65.5 Å². The number of halogens is 3. The van der Waals surface area contributed by atoms with E-state index in [1.807, 2.05) is 10.4 Å². The maximum absolute atomic E-state index is 13.8. The van der Waals surface area contributed by atoms with E-state index in [0.29, 0.717) is 31.6 Å². The van der Waals surface area contributed by atoms with Gasteiger partial charge in [-0.1, -0.05) is 0 Å². The number of imidazole rings is 1. The summed E-state index contributed by atoms with van der Waals surface area (Å²) < 4.78 is 61.2. The second-order valence-electron chi connectivity index (χ2n) is 7.72. The van der Waals surface area contributed by atoms with Gasteiger partial charge in [-0.05, 0) is 18.9 Å². The first-order valence-corrected chi connectivity index (χ1v) is 12.0. The Bertz CT molecular complexity index is 1280. The average Bonchev–Trinajstić information content (AvgIpc) is 3.33. The highest BCUT2D eigenvalue weighted by Gasteiger charge is 2.36. The molecule has 10 nitrogen and oxygen atoms in total. The fourth-order valence-corrected chi connectivity index (χ4v) is 4.50. The molecule has 184 valence electrons. The van der Waals surface area contributed by atoms with Gasteiger partial charge in [0.1, 0.15) is 34.9 Å². The van der Waals surface area contributed by atoms with Gasteiger partial charge >= 0.3 is 6.18 Å². The van der Waals surface area contributed by atoms with Gasteiger partial charge in [-0.2, -0.15) is 18.4 Å². The number of pyridine rings is 1. The lowest BCUT2D eigenvalue weighted by Gasteiger charge is -2.30. The van der Waals surface area contributed by atoms with Gasteiger partial charge in [0.2, 0.25) is 11.8 Å². The molecule has 1 N–H and O–H groups in total. The summed E-state index contributed by atoms with van der Waals surface area (Å²) in [6.07, 6.45) is 3.00. The van der Waals surface area contributed by atoms with E-state index in [9.17, 15) is 22.6 Å². The molecular weight excluding hydrogens is 485 g/mol. The number of alkyl halides is 3. The van der Waals surface area contributed by atoms with Crippen LogP contribution in [0.5, 0.6) is 5.88 Å². The largest absolute Gasteiger partial charge is 0.480 e. The average molecular weight is 507 g/mol. The number of anilines is 1. The number of hydrogen-bond donors (Lipinski definition) is 1. The molecule has 3 aromatic heterocycles. The predicted octanol–water partition coefficient (Wildman–Crippen LogP) is 2.79. The van der Waals surface area contributed by atoms with Gasteiger partial charge in [0.05, 0.1) is 23.8 Å². The smallest absolute Gasteiger partial charge is 0.420 e. The van der Waals surface area contributed by atoms with E-state index < -0.39 is 22.7 Å². The van der Waals surface area contributed by atoms with Crippen molar-refractivity contribution in [2.45, 2.75) is 25.1 Å². The van der Waals surface area contributed by atoms with Gasteiger partial charge in [-0.3, -0.25) is 0 Å². The number of hydrogen-bond acceptors (Lipinski definition) is 8. The minimum Gasteiger partial charge on any atom is -0.480 e. The number of nitrogens with zero attached hydrogens (tertiary/aromatic N) is 7. The van der Waals surface area contributed by atoms with Crippen LogP contribution < -0.4 is 10.1 Å². The van der Waals surface area contributed by atoms with Gasteiger partial charge in [-0.15, -0.1) is 0 Å². The summed E-state index contributed by atoms with van der Waals surface area (Å²) >= 11 is 0. The summed E-state index contributed by atoms with van der Waals surface area (Å²) in [5.41, 5.74) is -1.00. The molecule has 1 aliphatic heterocycles. The SMILES string of the molecule is COc1nccc(-n2cnc(-c3nc(NC4CCN(S(C)=O)CC4)ncc3C(F)(F)F)c2)c1C#N. The number of ether oxygens (including phenoxy) is 1. The second kappa shape index (κ2) is 9.96. The zero-order chi connectivity index (χ0) is 25.2. The van der Waals surface area contributed by atoms with E-state index >= 15 is 0 Å². The van der Waals surface area contributed by atoms with Crippen LogP contribution in [0.4, 0.5) is 19.1 Å². The fraction of sp³-hybridized carbons (Fsp3) is 0.381. The van der Waals surface area contributed by atoms with E-state index in [4.69, 9.17) is 4.74 Å². The van der Waals surface area contributed by atoms with E-state index in [2.05, 4.69) is 25.3 Å². The molecule has 0 radical (unpaired) electrons. The van der Waals surface area contributed by atoms with Crippen LogP contribution in [-0.2, 0) is 17.2 Å². The minimum absolute atomic E-state index is 0.0429. The third kappa shape index (κ3) is 5.25. The van der Waals surface area contributed by atoms with Crippen LogP contribution in [0, 0.1) is 11.3 Å². The normalized spacial score (nSPS) is 16.0. The summed E-state index contributed by atoms with van der Waals surface area (Å²) in [5.74, 6) is 0.129. The number of aromatic nitrogens is 5. The van der Waals surface area contributed by atoms with Crippen molar-refractivity contribution < 1.29 is 22.1 Å². The van der Waals surface area contributed by atoms with Gasteiger partial charge in [0, 0.05) is 44.0 Å². The molecule has 1 aliphatic rings. The zero-order valence-electron chi connectivity index (χ0n) is 18.8. The molecule has 4 heterocycles. The zero-order valence-corrected chi connectivity index (χ0v) is 19.6. The van der Waals surface area contributed by atoms with Crippen molar-refractivity contribution in [3.8, 4) is 29.0 Å². The quantitative estimate of drug-likeness (QED) is 0.542. The molecule has 1 fully saturated rings. The van der Waals surface area contributed by atoms with Crippen molar-refractivity contribution in [1.29, 1.82) is 5.26 Å². The summed E-state index contributed by atoms with van der Waals surface area (Å²) in [4.78, 5) is 16.1. The number of methoxy groups -OCH3 is 1. The topological polar surface area (TPSA) is 122 Å². The number of piperidine rings is 1. The highest BCUT2D eigenvalue weighted by molar-refractivity contribution is 7.81. The van der Waals surface area contributed by atoms with Gasteiger partial charge in [0.15, 0.2) is 0 Å². The van der Waals surface area contributed by atoms with Crippen molar-refractivity contribution in [2.24, 2.45) is 0 Å². The van der Waals surface area contributed by atoms with Crippen molar-refractivity contribution in [3.05, 3.63) is 42.1 Å². The first kappa shape index (κ1) is 24.6. The van der Waals surface area contributed by atoms with Crippen LogP contribution >= 0.6 is 0 Å². The molecule has 0 aromatic carbocycles. The Balaban J connectivity index is 1.66. The molecular formula is C21H21F3N8O2S. The fourth-order valence-electron chi connectivity index (χ4n) is 3.78. The minimum atomic E-state index is -4.70. The maximum atomic E-state index is 13.8. The van der Waals surface area contributed by atoms with Crippen molar-refractivity contribution in [3.63, 3.8) is 0 Å². The third-order valence-electron chi connectivity index (χ3n) is 5.55. The lowest BCUT2D eigenvalue weighted by Crippen LogP contribution is -2.39. The Morgan fingerprint density at radius 3 is 2.63 bits per heavy atom. The van der Waals surface area contributed by atoms with Crippen LogP contribution in [0.3, 0.4) is 0 Å². The standard InChI is InChI=1S/C21H21F3N8O2S/c1-34-19-14(9-25)17(3-6-26-19)31-11-16(28-12-31)18-15(21(22,23)24)10-27-20(30-18)29-13-4-7-32(8-5-13)35(2)33/h3,6,10-13H,4-5,7-8H2,1-2H3,(H,27,29,30). The molecule has 1 unspecified atom stereocenters. The third-order valence-corrected chi connectivity index (χ3v) is 6.64. The molecule has 4 rings (SSSR count). The van der Waals surface area contributed by atoms with Crippen molar-refractivity contribution in [2.75, 3.05) is 31.8 Å². The van der Waals surface area contributed by atoms with Crippen molar-refractivity contribution in [1.82, 2.24) is 28.8 Å². The Labute approximate surface area is 201 Å². The molecule has 1 atom stereocenters. The molecule has 0 aliphatic carbocycles.